The number of rotatable bonds is 4. The van der Waals surface area contributed by atoms with Crippen molar-refractivity contribution in [3.05, 3.63) is 53.6 Å². The number of hydrogen-bond donors (Lipinski definition) is 2. The van der Waals surface area contributed by atoms with Crippen molar-refractivity contribution < 1.29 is 14.7 Å². The molecule has 0 heterocycles. The van der Waals surface area contributed by atoms with Gasteiger partial charge in [0, 0.05) is 11.6 Å². The number of aromatic carboxylic acids is 1. The normalized spacial score (nSPS) is 14.0. The van der Waals surface area contributed by atoms with Crippen LogP contribution in [0.15, 0.2) is 42.5 Å². The van der Waals surface area contributed by atoms with E-state index in [2.05, 4.69) is 5.32 Å². The van der Waals surface area contributed by atoms with Gasteiger partial charge in [0.05, 0.1) is 5.56 Å². The fraction of sp³-hybridized carbons (Fsp3) is 0.391. The summed E-state index contributed by atoms with van der Waals surface area (Å²) in [5.74, 6) is -0.708. The lowest BCUT2D eigenvalue weighted by atomic mass is 9.88. The smallest absolute Gasteiger partial charge is 0.335 e. The molecule has 1 amide bonds. The molecule has 4 heteroatoms. The molecular formula is C23H29NO3. The number of amides is 1. The highest BCUT2D eigenvalue weighted by molar-refractivity contribution is 5.93. The van der Waals surface area contributed by atoms with Gasteiger partial charge in [-0.2, -0.15) is 0 Å². The van der Waals surface area contributed by atoms with Crippen LogP contribution in [0.1, 0.15) is 61.9 Å². The quantitative estimate of drug-likeness (QED) is 0.706. The van der Waals surface area contributed by atoms with Gasteiger partial charge < -0.3 is 10.4 Å². The molecule has 1 fully saturated rings. The van der Waals surface area contributed by atoms with Crippen molar-refractivity contribution in [2.24, 2.45) is 5.92 Å². The summed E-state index contributed by atoms with van der Waals surface area (Å²) in [5, 5.41) is 12.1. The fourth-order valence-corrected chi connectivity index (χ4v) is 3.41. The highest BCUT2D eigenvalue weighted by Gasteiger charge is 2.21. The Kier molecular flexibility index (Phi) is 7.59. The lowest BCUT2D eigenvalue weighted by Gasteiger charge is -2.21. The number of carbonyl (C=O) groups excluding carboxylic acids is 1. The summed E-state index contributed by atoms with van der Waals surface area (Å²) in [6.07, 6.45) is 5.44. The Morgan fingerprint density at radius 2 is 1.59 bits per heavy atom. The molecule has 0 saturated heterocycles. The Balaban J connectivity index is 0.00000126. The SMILES string of the molecule is CC.Cc1ccc(NC(=O)C2CCCCC2)cc1-c1ccc(C(=O)O)cc1. The molecule has 0 aromatic heterocycles. The van der Waals surface area contributed by atoms with Crippen molar-refractivity contribution in [3.63, 3.8) is 0 Å². The summed E-state index contributed by atoms with van der Waals surface area (Å²) >= 11 is 0. The van der Waals surface area contributed by atoms with Crippen molar-refractivity contribution in [1.82, 2.24) is 0 Å². The molecule has 0 atom stereocenters. The first-order valence-electron chi connectivity index (χ1n) is 9.80. The molecule has 0 bridgehead atoms. The monoisotopic (exact) mass is 367 g/mol. The second-order valence-corrected chi connectivity index (χ2v) is 6.74. The maximum Gasteiger partial charge on any atom is 0.335 e. The molecule has 1 aliphatic rings. The number of aryl methyl sites for hydroxylation is 1. The van der Waals surface area contributed by atoms with E-state index < -0.39 is 5.97 Å². The van der Waals surface area contributed by atoms with Crippen LogP contribution in [0.5, 0.6) is 0 Å². The molecule has 1 aliphatic carbocycles. The number of carboxylic acids is 1. The number of carboxylic acid groups (broad SMARTS) is 1. The van der Waals surface area contributed by atoms with Crippen LogP contribution in [0.25, 0.3) is 11.1 Å². The van der Waals surface area contributed by atoms with Crippen LogP contribution in [0.2, 0.25) is 0 Å². The van der Waals surface area contributed by atoms with Gasteiger partial charge in [-0.3, -0.25) is 4.79 Å². The van der Waals surface area contributed by atoms with E-state index in [9.17, 15) is 9.59 Å². The minimum Gasteiger partial charge on any atom is -0.478 e. The minimum atomic E-state index is -0.934. The van der Waals surface area contributed by atoms with Crippen LogP contribution in [0, 0.1) is 12.8 Å². The van der Waals surface area contributed by atoms with Crippen LogP contribution in [0.4, 0.5) is 5.69 Å². The third-order valence-corrected chi connectivity index (χ3v) is 4.92. The van der Waals surface area contributed by atoms with Gasteiger partial charge in [-0.1, -0.05) is 51.3 Å². The first kappa shape index (κ1) is 20.7. The minimum absolute atomic E-state index is 0.107. The summed E-state index contributed by atoms with van der Waals surface area (Å²) < 4.78 is 0. The van der Waals surface area contributed by atoms with E-state index in [1.165, 1.54) is 6.42 Å². The lowest BCUT2D eigenvalue weighted by molar-refractivity contribution is -0.120. The number of benzene rings is 2. The molecule has 0 aliphatic heterocycles. The predicted octanol–water partition coefficient (Wildman–Crippen LogP) is 5.91. The third kappa shape index (κ3) is 5.43. The van der Waals surface area contributed by atoms with E-state index in [0.29, 0.717) is 0 Å². The number of anilines is 1. The van der Waals surface area contributed by atoms with E-state index in [4.69, 9.17) is 5.11 Å². The van der Waals surface area contributed by atoms with Gasteiger partial charge in [0.1, 0.15) is 0 Å². The number of carbonyl (C=O) groups is 2. The average Bonchev–Trinajstić information content (AvgIpc) is 2.71. The second-order valence-electron chi connectivity index (χ2n) is 6.74. The van der Waals surface area contributed by atoms with Gasteiger partial charge in [0.25, 0.3) is 0 Å². The average molecular weight is 367 g/mol. The van der Waals surface area contributed by atoms with Crippen LogP contribution in [-0.4, -0.2) is 17.0 Å². The molecule has 4 nitrogen and oxygen atoms in total. The van der Waals surface area contributed by atoms with Crippen molar-refractivity contribution in [2.75, 3.05) is 5.32 Å². The molecule has 2 aromatic rings. The second kappa shape index (κ2) is 9.91. The summed E-state index contributed by atoms with van der Waals surface area (Å²) in [7, 11) is 0. The molecule has 27 heavy (non-hydrogen) atoms. The fourth-order valence-electron chi connectivity index (χ4n) is 3.41. The molecule has 0 radical (unpaired) electrons. The third-order valence-electron chi connectivity index (χ3n) is 4.92. The van der Waals surface area contributed by atoms with Gasteiger partial charge in [0.15, 0.2) is 0 Å². The van der Waals surface area contributed by atoms with Crippen LogP contribution < -0.4 is 5.32 Å². The van der Waals surface area contributed by atoms with Gasteiger partial charge in [-0.25, -0.2) is 4.79 Å². The zero-order valence-electron chi connectivity index (χ0n) is 16.4. The Morgan fingerprint density at radius 3 is 2.19 bits per heavy atom. The van der Waals surface area contributed by atoms with Crippen LogP contribution in [-0.2, 0) is 4.79 Å². The van der Waals surface area contributed by atoms with Gasteiger partial charge in [0.2, 0.25) is 5.91 Å². The molecule has 2 aromatic carbocycles. The molecule has 0 unspecified atom stereocenters. The molecule has 1 saturated carbocycles. The van der Waals surface area contributed by atoms with Crippen LogP contribution >= 0.6 is 0 Å². The predicted molar refractivity (Wildman–Crippen MR) is 110 cm³/mol. The van der Waals surface area contributed by atoms with Gasteiger partial charge in [-0.15, -0.1) is 0 Å². The Hall–Kier alpha value is -2.62. The highest BCUT2D eigenvalue weighted by Crippen LogP contribution is 2.29. The molecule has 144 valence electrons. The van der Waals surface area contributed by atoms with Gasteiger partial charge in [-0.05, 0) is 60.7 Å². The number of nitrogens with one attached hydrogen (secondary N) is 1. The molecular weight excluding hydrogens is 338 g/mol. The largest absolute Gasteiger partial charge is 0.478 e. The van der Waals surface area contributed by atoms with E-state index >= 15 is 0 Å². The maximum atomic E-state index is 12.4. The molecule has 2 N–H and O–H groups in total. The summed E-state index contributed by atoms with van der Waals surface area (Å²) in [5.41, 5.74) is 4.08. The van der Waals surface area contributed by atoms with Gasteiger partial charge >= 0.3 is 5.97 Å². The summed E-state index contributed by atoms with van der Waals surface area (Å²) in [6.45, 7) is 6.01. The summed E-state index contributed by atoms with van der Waals surface area (Å²) in [6, 6.07) is 12.7. The van der Waals surface area contributed by atoms with Crippen molar-refractivity contribution >= 4 is 17.6 Å². The zero-order valence-corrected chi connectivity index (χ0v) is 16.4. The van der Waals surface area contributed by atoms with Crippen LogP contribution in [0.3, 0.4) is 0 Å². The lowest BCUT2D eigenvalue weighted by Crippen LogP contribution is -2.24. The first-order chi connectivity index (χ1) is 13.0. The topological polar surface area (TPSA) is 66.4 Å². The highest BCUT2D eigenvalue weighted by atomic mass is 16.4. The zero-order chi connectivity index (χ0) is 19.8. The summed E-state index contributed by atoms with van der Waals surface area (Å²) in [4.78, 5) is 23.4. The van der Waals surface area contributed by atoms with E-state index in [-0.39, 0.29) is 17.4 Å². The van der Waals surface area contributed by atoms with E-state index in [0.717, 1.165) is 48.1 Å². The first-order valence-corrected chi connectivity index (χ1v) is 9.80. The Labute approximate surface area is 161 Å². The molecule has 0 spiro atoms. The number of hydrogen-bond acceptors (Lipinski definition) is 2. The van der Waals surface area contributed by atoms with Crippen molar-refractivity contribution in [1.29, 1.82) is 0 Å². The Morgan fingerprint density at radius 1 is 0.963 bits per heavy atom. The maximum absolute atomic E-state index is 12.4. The van der Waals surface area contributed by atoms with Crippen molar-refractivity contribution in [2.45, 2.75) is 52.9 Å². The standard InChI is InChI=1S/C21H23NO3.C2H6/c1-14-7-12-18(22-20(23)16-5-3-2-4-6-16)13-19(14)15-8-10-17(11-9-15)21(24)25;1-2/h7-13,16H,2-6H2,1H3,(H,22,23)(H,24,25);1-2H3. The van der Waals surface area contributed by atoms with E-state index in [1.807, 2.05) is 39.0 Å². The Bertz CT molecular complexity index is 775. The van der Waals surface area contributed by atoms with Crippen molar-refractivity contribution in [3.8, 4) is 11.1 Å². The molecule has 3 rings (SSSR count). The van der Waals surface area contributed by atoms with E-state index in [1.54, 1.807) is 24.3 Å².